The number of methoxy groups -OCH3 is 1. The highest BCUT2D eigenvalue weighted by Crippen LogP contribution is 2.36. The van der Waals surface area contributed by atoms with Crippen molar-refractivity contribution in [2.75, 3.05) is 26.9 Å². The first-order valence-corrected chi connectivity index (χ1v) is 9.55. The van der Waals surface area contributed by atoms with Gasteiger partial charge >= 0.3 is 0 Å². The molecule has 0 aliphatic rings. The molecule has 0 unspecified atom stereocenters. The van der Waals surface area contributed by atoms with Gasteiger partial charge in [0.15, 0.2) is 29.6 Å². The lowest BCUT2D eigenvalue weighted by molar-refractivity contribution is -0.123. The van der Waals surface area contributed by atoms with Gasteiger partial charge in [-0.3, -0.25) is 4.79 Å². The van der Waals surface area contributed by atoms with E-state index in [0.717, 1.165) is 10.0 Å². The number of hydrazone groups is 1. The van der Waals surface area contributed by atoms with Crippen LogP contribution < -0.4 is 24.4 Å². The molecule has 0 aliphatic carbocycles. The second kappa shape index (κ2) is 11.2. The topological polar surface area (TPSA) is 78.4 Å². The molecule has 0 atom stereocenters. The minimum absolute atomic E-state index is 0.183. The van der Waals surface area contributed by atoms with Crippen LogP contribution in [0.25, 0.3) is 0 Å². The molecule has 0 saturated heterocycles. The molecule has 1 amide bonds. The molecule has 28 heavy (non-hydrogen) atoms. The Hall–Kier alpha value is -2.74. The van der Waals surface area contributed by atoms with Gasteiger partial charge in [-0.05, 0) is 59.6 Å². The van der Waals surface area contributed by atoms with Crippen molar-refractivity contribution < 1.29 is 23.7 Å². The molecular weight excluding hydrogens is 428 g/mol. The molecule has 0 spiro atoms. The molecule has 0 aromatic heterocycles. The molecule has 0 bridgehead atoms. The van der Waals surface area contributed by atoms with Crippen molar-refractivity contribution in [3.63, 3.8) is 0 Å². The summed E-state index contributed by atoms with van der Waals surface area (Å²) in [5, 5.41) is 3.95. The van der Waals surface area contributed by atoms with Crippen molar-refractivity contribution in [3.05, 3.63) is 46.4 Å². The summed E-state index contributed by atoms with van der Waals surface area (Å²) in [6.07, 6.45) is 1.51. The van der Waals surface area contributed by atoms with Crippen LogP contribution >= 0.6 is 15.9 Å². The molecule has 2 aromatic rings. The van der Waals surface area contributed by atoms with Crippen LogP contribution in [0.4, 0.5) is 0 Å². The molecule has 0 aliphatic heterocycles. The summed E-state index contributed by atoms with van der Waals surface area (Å²) in [5.41, 5.74) is 3.16. The average molecular weight is 451 g/mol. The van der Waals surface area contributed by atoms with Crippen molar-refractivity contribution in [2.24, 2.45) is 5.10 Å². The molecular formula is C20H23BrN2O5. The fourth-order valence-corrected chi connectivity index (χ4v) is 2.87. The maximum Gasteiger partial charge on any atom is 0.277 e. The monoisotopic (exact) mass is 450 g/mol. The van der Waals surface area contributed by atoms with Crippen LogP contribution in [-0.2, 0) is 4.79 Å². The van der Waals surface area contributed by atoms with Crippen molar-refractivity contribution in [1.29, 1.82) is 0 Å². The minimum Gasteiger partial charge on any atom is -0.493 e. The van der Waals surface area contributed by atoms with Gasteiger partial charge in [0.1, 0.15) is 0 Å². The maximum atomic E-state index is 12.0. The number of nitrogens with zero attached hydrogens (tertiary/aromatic N) is 1. The molecule has 8 heteroatoms. The third-order valence-corrected chi connectivity index (χ3v) is 4.04. The van der Waals surface area contributed by atoms with E-state index in [1.165, 1.54) is 6.21 Å². The van der Waals surface area contributed by atoms with Crippen molar-refractivity contribution >= 4 is 28.1 Å². The van der Waals surface area contributed by atoms with Gasteiger partial charge in [-0.1, -0.05) is 12.1 Å². The van der Waals surface area contributed by atoms with E-state index in [4.69, 9.17) is 18.9 Å². The van der Waals surface area contributed by atoms with E-state index < -0.39 is 0 Å². The number of carbonyl (C=O) groups is 1. The third kappa shape index (κ3) is 6.16. The predicted octanol–water partition coefficient (Wildman–Crippen LogP) is 3.78. The standard InChI is InChI=1S/C20H23BrN2O5/c1-4-26-16-8-6-7-9-17(16)28-13-19(24)23-22-12-14-10-15(21)20(27-5-2)18(11-14)25-3/h6-12H,4-5,13H2,1-3H3,(H,23,24)/b22-12+. The van der Waals surface area contributed by atoms with Gasteiger partial charge in [0.25, 0.3) is 5.91 Å². The Labute approximate surface area is 172 Å². The molecule has 0 heterocycles. The Morgan fingerprint density at radius 2 is 1.75 bits per heavy atom. The number of amides is 1. The van der Waals surface area contributed by atoms with E-state index in [-0.39, 0.29) is 12.5 Å². The minimum atomic E-state index is -0.389. The normalized spacial score (nSPS) is 10.6. The molecule has 0 radical (unpaired) electrons. The number of ether oxygens (including phenoxy) is 4. The van der Waals surface area contributed by atoms with Crippen LogP contribution in [0.15, 0.2) is 46.0 Å². The Morgan fingerprint density at radius 3 is 2.39 bits per heavy atom. The van der Waals surface area contributed by atoms with E-state index in [0.29, 0.717) is 36.2 Å². The number of para-hydroxylation sites is 2. The van der Waals surface area contributed by atoms with E-state index in [1.54, 1.807) is 25.3 Å². The SMILES string of the molecule is CCOc1ccccc1OCC(=O)N/N=C/c1cc(Br)c(OCC)c(OC)c1. The van der Waals surface area contributed by atoms with E-state index >= 15 is 0 Å². The zero-order chi connectivity index (χ0) is 20.4. The summed E-state index contributed by atoms with van der Waals surface area (Å²) in [7, 11) is 1.56. The van der Waals surface area contributed by atoms with Gasteiger partial charge in [-0.15, -0.1) is 0 Å². The summed E-state index contributed by atoms with van der Waals surface area (Å²) in [6, 6.07) is 10.8. The van der Waals surface area contributed by atoms with Gasteiger partial charge in [0, 0.05) is 0 Å². The number of hydrogen-bond donors (Lipinski definition) is 1. The van der Waals surface area contributed by atoms with Gasteiger partial charge in [-0.2, -0.15) is 5.10 Å². The first-order valence-electron chi connectivity index (χ1n) is 8.75. The lowest BCUT2D eigenvalue weighted by Crippen LogP contribution is -2.24. The van der Waals surface area contributed by atoms with Crippen molar-refractivity contribution in [3.8, 4) is 23.0 Å². The highest BCUT2D eigenvalue weighted by atomic mass is 79.9. The van der Waals surface area contributed by atoms with Gasteiger partial charge in [0.05, 0.1) is 31.0 Å². The molecule has 2 rings (SSSR count). The lowest BCUT2D eigenvalue weighted by Gasteiger charge is -2.12. The predicted molar refractivity (Wildman–Crippen MR) is 111 cm³/mol. The first kappa shape index (κ1) is 21.6. The number of benzene rings is 2. The van der Waals surface area contributed by atoms with E-state index in [1.807, 2.05) is 32.0 Å². The smallest absolute Gasteiger partial charge is 0.277 e. The summed E-state index contributed by atoms with van der Waals surface area (Å²) in [6.45, 7) is 4.62. The number of halogens is 1. The number of nitrogens with one attached hydrogen (secondary N) is 1. The third-order valence-electron chi connectivity index (χ3n) is 3.45. The Kier molecular flexibility index (Phi) is 8.61. The molecule has 2 aromatic carbocycles. The first-order chi connectivity index (χ1) is 13.6. The molecule has 1 N–H and O–H groups in total. The fraction of sp³-hybridized carbons (Fsp3) is 0.300. The van der Waals surface area contributed by atoms with Gasteiger partial charge < -0.3 is 18.9 Å². The van der Waals surface area contributed by atoms with Crippen molar-refractivity contribution in [2.45, 2.75) is 13.8 Å². The summed E-state index contributed by atoms with van der Waals surface area (Å²) >= 11 is 3.44. The molecule has 150 valence electrons. The zero-order valence-electron chi connectivity index (χ0n) is 16.0. The number of hydrogen-bond acceptors (Lipinski definition) is 6. The molecule has 0 saturated carbocycles. The number of carbonyl (C=O) groups excluding carboxylic acids is 1. The molecule has 7 nitrogen and oxygen atoms in total. The highest BCUT2D eigenvalue weighted by molar-refractivity contribution is 9.10. The van der Waals surface area contributed by atoms with Gasteiger partial charge in [-0.25, -0.2) is 5.43 Å². The van der Waals surface area contributed by atoms with Crippen LogP contribution in [0.2, 0.25) is 0 Å². The Balaban J connectivity index is 1.94. The van der Waals surface area contributed by atoms with Crippen LogP contribution in [-0.4, -0.2) is 39.1 Å². The highest BCUT2D eigenvalue weighted by Gasteiger charge is 2.11. The average Bonchev–Trinajstić information content (AvgIpc) is 2.69. The Morgan fingerprint density at radius 1 is 1.07 bits per heavy atom. The second-order valence-electron chi connectivity index (χ2n) is 5.43. The van der Waals surface area contributed by atoms with Crippen LogP contribution in [0.3, 0.4) is 0 Å². The largest absolute Gasteiger partial charge is 0.493 e. The van der Waals surface area contributed by atoms with E-state index in [9.17, 15) is 4.79 Å². The Bertz CT molecular complexity index is 826. The van der Waals surface area contributed by atoms with E-state index in [2.05, 4.69) is 26.5 Å². The number of rotatable bonds is 10. The zero-order valence-corrected chi connectivity index (χ0v) is 17.6. The molecule has 0 fully saturated rings. The maximum absolute atomic E-state index is 12.0. The van der Waals surface area contributed by atoms with Gasteiger partial charge in [0.2, 0.25) is 0 Å². The van der Waals surface area contributed by atoms with Crippen LogP contribution in [0.1, 0.15) is 19.4 Å². The summed E-state index contributed by atoms with van der Waals surface area (Å²) in [5.74, 6) is 1.89. The fourth-order valence-electron chi connectivity index (χ4n) is 2.30. The van der Waals surface area contributed by atoms with Crippen LogP contribution in [0, 0.1) is 0 Å². The summed E-state index contributed by atoms with van der Waals surface area (Å²) in [4.78, 5) is 12.0. The van der Waals surface area contributed by atoms with Crippen molar-refractivity contribution in [1.82, 2.24) is 5.43 Å². The second-order valence-corrected chi connectivity index (χ2v) is 6.28. The summed E-state index contributed by atoms with van der Waals surface area (Å²) < 4.78 is 22.6. The quantitative estimate of drug-likeness (QED) is 0.440. The van der Waals surface area contributed by atoms with Crippen LogP contribution in [0.5, 0.6) is 23.0 Å². The lowest BCUT2D eigenvalue weighted by atomic mass is 10.2.